The zero-order valence-electron chi connectivity index (χ0n) is 9.71. The number of hydrogen-bond acceptors (Lipinski definition) is 1. The fourth-order valence-electron chi connectivity index (χ4n) is 1.62. The molecule has 0 aliphatic heterocycles. The third kappa shape index (κ3) is 7.06. The lowest BCUT2D eigenvalue weighted by Gasteiger charge is -2.18. The topological polar surface area (TPSA) is 20.2 Å². The Labute approximate surface area is 83.5 Å². The fraction of sp³-hybridized carbons (Fsp3) is 1.00. The van der Waals surface area contributed by atoms with E-state index in [1.807, 2.05) is 0 Å². The number of aliphatic hydroxyl groups is 1. The molecule has 0 aliphatic carbocycles. The van der Waals surface area contributed by atoms with E-state index in [0.717, 1.165) is 18.8 Å². The monoisotopic (exact) mass is 186 g/mol. The van der Waals surface area contributed by atoms with E-state index in [-0.39, 0.29) is 6.10 Å². The van der Waals surface area contributed by atoms with Crippen molar-refractivity contribution in [3.8, 4) is 0 Å². The SMILES string of the molecule is CCCC(O)C(C)CCCC(C)C. The van der Waals surface area contributed by atoms with Gasteiger partial charge in [0.05, 0.1) is 6.10 Å². The molecular weight excluding hydrogens is 160 g/mol. The molecule has 1 nitrogen and oxygen atoms in total. The van der Waals surface area contributed by atoms with Crippen molar-refractivity contribution < 1.29 is 5.11 Å². The van der Waals surface area contributed by atoms with Gasteiger partial charge in [0.25, 0.3) is 0 Å². The van der Waals surface area contributed by atoms with Crippen LogP contribution in [0, 0.1) is 11.8 Å². The molecule has 1 heteroatoms. The van der Waals surface area contributed by atoms with Crippen LogP contribution < -0.4 is 0 Å². The van der Waals surface area contributed by atoms with Crippen molar-refractivity contribution in [1.29, 1.82) is 0 Å². The van der Waals surface area contributed by atoms with Gasteiger partial charge in [-0.25, -0.2) is 0 Å². The van der Waals surface area contributed by atoms with Crippen molar-refractivity contribution in [2.75, 3.05) is 0 Å². The molecule has 80 valence electrons. The first-order chi connectivity index (χ1) is 6.07. The van der Waals surface area contributed by atoms with Gasteiger partial charge in [-0.2, -0.15) is 0 Å². The molecule has 0 fully saturated rings. The first-order valence-electron chi connectivity index (χ1n) is 5.76. The summed E-state index contributed by atoms with van der Waals surface area (Å²) in [4.78, 5) is 0. The van der Waals surface area contributed by atoms with Crippen LogP contribution in [-0.4, -0.2) is 11.2 Å². The van der Waals surface area contributed by atoms with Gasteiger partial charge >= 0.3 is 0 Å². The van der Waals surface area contributed by atoms with Crippen molar-refractivity contribution in [2.45, 2.75) is 65.9 Å². The van der Waals surface area contributed by atoms with Crippen molar-refractivity contribution in [1.82, 2.24) is 0 Å². The van der Waals surface area contributed by atoms with E-state index in [4.69, 9.17) is 0 Å². The average molecular weight is 186 g/mol. The van der Waals surface area contributed by atoms with Gasteiger partial charge in [-0.1, -0.05) is 47.0 Å². The highest BCUT2D eigenvalue weighted by Gasteiger charge is 2.12. The Morgan fingerprint density at radius 2 is 1.62 bits per heavy atom. The number of hydrogen-bond donors (Lipinski definition) is 1. The summed E-state index contributed by atoms with van der Waals surface area (Å²) in [6.45, 7) is 8.81. The van der Waals surface area contributed by atoms with Crippen LogP contribution in [0.4, 0.5) is 0 Å². The van der Waals surface area contributed by atoms with E-state index >= 15 is 0 Å². The van der Waals surface area contributed by atoms with Crippen LogP contribution in [0.3, 0.4) is 0 Å². The van der Waals surface area contributed by atoms with Crippen LogP contribution in [-0.2, 0) is 0 Å². The molecule has 0 aromatic carbocycles. The van der Waals surface area contributed by atoms with Crippen LogP contribution in [0.1, 0.15) is 59.8 Å². The molecule has 0 aromatic heterocycles. The van der Waals surface area contributed by atoms with Crippen LogP contribution >= 0.6 is 0 Å². The first kappa shape index (κ1) is 13.0. The summed E-state index contributed by atoms with van der Waals surface area (Å²) >= 11 is 0. The van der Waals surface area contributed by atoms with Gasteiger partial charge in [-0.15, -0.1) is 0 Å². The minimum atomic E-state index is -0.0721. The van der Waals surface area contributed by atoms with Gasteiger partial charge in [-0.3, -0.25) is 0 Å². The molecule has 2 unspecified atom stereocenters. The van der Waals surface area contributed by atoms with Crippen molar-refractivity contribution in [3.63, 3.8) is 0 Å². The standard InChI is InChI=1S/C12H26O/c1-5-7-12(13)11(4)9-6-8-10(2)3/h10-13H,5-9H2,1-4H3. The molecule has 13 heavy (non-hydrogen) atoms. The second-order valence-electron chi connectivity index (χ2n) is 4.66. The maximum absolute atomic E-state index is 9.68. The normalized spacial score (nSPS) is 16.2. The third-order valence-corrected chi connectivity index (χ3v) is 2.68. The van der Waals surface area contributed by atoms with Gasteiger partial charge in [0.15, 0.2) is 0 Å². The van der Waals surface area contributed by atoms with Crippen molar-refractivity contribution in [3.05, 3.63) is 0 Å². The molecule has 0 saturated carbocycles. The summed E-state index contributed by atoms with van der Waals surface area (Å²) in [7, 11) is 0. The lowest BCUT2D eigenvalue weighted by Crippen LogP contribution is -2.17. The number of rotatable bonds is 7. The highest BCUT2D eigenvalue weighted by atomic mass is 16.3. The first-order valence-corrected chi connectivity index (χ1v) is 5.76. The summed E-state index contributed by atoms with van der Waals surface area (Å²) < 4.78 is 0. The molecule has 0 amide bonds. The quantitative estimate of drug-likeness (QED) is 0.644. The van der Waals surface area contributed by atoms with Gasteiger partial charge in [0, 0.05) is 0 Å². The molecule has 0 aliphatic rings. The summed E-state index contributed by atoms with van der Waals surface area (Å²) in [6, 6.07) is 0. The summed E-state index contributed by atoms with van der Waals surface area (Å²) in [6.07, 6.45) is 5.72. The van der Waals surface area contributed by atoms with E-state index in [2.05, 4.69) is 27.7 Å². The van der Waals surface area contributed by atoms with Crippen molar-refractivity contribution >= 4 is 0 Å². The van der Waals surface area contributed by atoms with Crippen LogP contribution in [0.5, 0.6) is 0 Å². The maximum atomic E-state index is 9.68. The molecule has 0 bridgehead atoms. The average Bonchev–Trinajstić information content (AvgIpc) is 2.04. The second kappa shape index (κ2) is 7.37. The van der Waals surface area contributed by atoms with E-state index in [1.54, 1.807) is 0 Å². The molecule has 0 heterocycles. The second-order valence-corrected chi connectivity index (χ2v) is 4.66. The largest absolute Gasteiger partial charge is 0.393 e. The zero-order valence-corrected chi connectivity index (χ0v) is 9.71. The van der Waals surface area contributed by atoms with E-state index in [9.17, 15) is 5.11 Å². The Morgan fingerprint density at radius 3 is 2.08 bits per heavy atom. The molecular formula is C12H26O. The molecule has 0 saturated heterocycles. The summed E-state index contributed by atoms with van der Waals surface area (Å²) in [5.41, 5.74) is 0. The Balaban J connectivity index is 3.43. The third-order valence-electron chi connectivity index (χ3n) is 2.68. The van der Waals surface area contributed by atoms with Gasteiger partial charge in [-0.05, 0) is 24.7 Å². The minimum Gasteiger partial charge on any atom is -0.393 e. The smallest absolute Gasteiger partial charge is 0.0565 e. The van der Waals surface area contributed by atoms with Crippen LogP contribution in [0.25, 0.3) is 0 Å². The molecule has 0 aromatic rings. The number of aliphatic hydroxyl groups excluding tert-OH is 1. The summed E-state index contributed by atoms with van der Waals surface area (Å²) in [5.74, 6) is 1.29. The van der Waals surface area contributed by atoms with Gasteiger partial charge in [0.1, 0.15) is 0 Å². The Bertz CT molecular complexity index is 110. The Morgan fingerprint density at radius 1 is 1.00 bits per heavy atom. The van der Waals surface area contributed by atoms with Crippen LogP contribution in [0.15, 0.2) is 0 Å². The molecule has 1 N–H and O–H groups in total. The van der Waals surface area contributed by atoms with E-state index in [0.29, 0.717) is 5.92 Å². The van der Waals surface area contributed by atoms with Gasteiger partial charge in [0.2, 0.25) is 0 Å². The predicted octanol–water partition coefficient (Wildman–Crippen LogP) is 3.61. The van der Waals surface area contributed by atoms with Crippen LogP contribution in [0.2, 0.25) is 0 Å². The highest BCUT2D eigenvalue weighted by Crippen LogP contribution is 2.17. The lowest BCUT2D eigenvalue weighted by molar-refractivity contribution is 0.100. The van der Waals surface area contributed by atoms with Gasteiger partial charge < -0.3 is 5.11 Å². The Kier molecular flexibility index (Phi) is 7.35. The fourth-order valence-corrected chi connectivity index (χ4v) is 1.62. The minimum absolute atomic E-state index is 0.0721. The van der Waals surface area contributed by atoms with Crippen molar-refractivity contribution in [2.24, 2.45) is 11.8 Å². The van der Waals surface area contributed by atoms with E-state index < -0.39 is 0 Å². The molecule has 2 atom stereocenters. The predicted molar refractivity (Wildman–Crippen MR) is 58.8 cm³/mol. The molecule has 0 rings (SSSR count). The highest BCUT2D eigenvalue weighted by molar-refractivity contribution is 4.64. The lowest BCUT2D eigenvalue weighted by atomic mass is 9.93. The zero-order chi connectivity index (χ0) is 10.3. The maximum Gasteiger partial charge on any atom is 0.0565 e. The molecule has 0 radical (unpaired) electrons. The van der Waals surface area contributed by atoms with E-state index in [1.165, 1.54) is 19.3 Å². The molecule has 0 spiro atoms. The summed E-state index contributed by atoms with van der Waals surface area (Å²) in [5, 5.41) is 9.68. The Hall–Kier alpha value is -0.0400.